The smallest absolute Gasteiger partial charge is 0.235 e. The molecule has 0 spiro atoms. The second-order valence-corrected chi connectivity index (χ2v) is 6.58. The molecule has 1 aromatic rings. The molecule has 5 nitrogen and oxygen atoms in total. The largest absolute Gasteiger partial charge is 0.349 e. The maximum atomic E-state index is 12.4. The van der Waals surface area contributed by atoms with Gasteiger partial charge in [-0.05, 0) is 31.9 Å². The minimum absolute atomic E-state index is 0.0182. The zero-order valence-corrected chi connectivity index (χ0v) is 13.2. The third kappa shape index (κ3) is 2.89. The molecule has 22 heavy (non-hydrogen) atoms. The summed E-state index contributed by atoms with van der Waals surface area (Å²) in [5.74, 6) is -0.0182. The Bertz CT molecular complexity index is 580. The number of nitriles is 1. The molecule has 0 radical (unpaired) electrons. The first kappa shape index (κ1) is 15.1. The van der Waals surface area contributed by atoms with Gasteiger partial charge in [-0.15, -0.1) is 0 Å². The lowest BCUT2D eigenvalue weighted by atomic mass is 9.83. The molecule has 5 heteroatoms. The number of rotatable bonds is 3. The van der Waals surface area contributed by atoms with Crippen LogP contribution >= 0.6 is 0 Å². The van der Waals surface area contributed by atoms with Gasteiger partial charge in [-0.3, -0.25) is 9.69 Å². The number of hydrogen-bond donors (Lipinski definition) is 1. The highest BCUT2D eigenvalue weighted by Gasteiger charge is 2.34. The van der Waals surface area contributed by atoms with Crippen LogP contribution in [0.5, 0.6) is 0 Å². The zero-order chi connectivity index (χ0) is 15.6. The highest BCUT2D eigenvalue weighted by Crippen LogP contribution is 2.28. The standard InChI is InChI=1S/C17H24N4O/c1-14-15-6-5-9-20(15)10-11-21(14)12-16(22)19-17(13-18)7-3-2-4-8-17/h5-6,9,14H,2-4,7-8,10-12H2,1H3,(H,19,22)/t14-/m0/s1. The fourth-order valence-electron chi connectivity index (χ4n) is 3.75. The lowest BCUT2D eigenvalue weighted by Crippen LogP contribution is -2.52. The van der Waals surface area contributed by atoms with Gasteiger partial charge in [0, 0.05) is 31.0 Å². The number of nitrogens with zero attached hydrogens (tertiary/aromatic N) is 3. The van der Waals surface area contributed by atoms with Crippen molar-refractivity contribution in [3.8, 4) is 6.07 Å². The van der Waals surface area contributed by atoms with Gasteiger partial charge in [0.1, 0.15) is 5.54 Å². The molecule has 1 amide bonds. The van der Waals surface area contributed by atoms with Crippen LogP contribution in [-0.4, -0.2) is 34.0 Å². The maximum absolute atomic E-state index is 12.4. The molecule has 0 saturated heterocycles. The van der Waals surface area contributed by atoms with E-state index in [2.05, 4.69) is 46.1 Å². The van der Waals surface area contributed by atoms with E-state index in [0.29, 0.717) is 6.54 Å². The van der Waals surface area contributed by atoms with Crippen LogP contribution in [-0.2, 0) is 11.3 Å². The summed E-state index contributed by atoms with van der Waals surface area (Å²) in [7, 11) is 0. The molecule has 1 aliphatic heterocycles. The number of carbonyl (C=O) groups is 1. The van der Waals surface area contributed by atoms with E-state index in [1.807, 2.05) is 0 Å². The van der Waals surface area contributed by atoms with Crippen molar-refractivity contribution in [3.05, 3.63) is 24.0 Å². The molecule has 3 rings (SSSR count). The Morgan fingerprint density at radius 3 is 2.91 bits per heavy atom. The molecule has 1 aromatic heterocycles. The minimum Gasteiger partial charge on any atom is -0.349 e. The normalized spacial score (nSPS) is 24.3. The molecule has 118 valence electrons. The molecule has 1 saturated carbocycles. The van der Waals surface area contributed by atoms with Gasteiger partial charge in [0.25, 0.3) is 0 Å². The summed E-state index contributed by atoms with van der Waals surface area (Å²) in [6.45, 7) is 4.30. The molecule has 0 unspecified atom stereocenters. The zero-order valence-electron chi connectivity index (χ0n) is 13.2. The van der Waals surface area contributed by atoms with Gasteiger partial charge >= 0.3 is 0 Å². The molecule has 0 bridgehead atoms. The van der Waals surface area contributed by atoms with Gasteiger partial charge in [-0.25, -0.2) is 0 Å². The molecule has 1 aliphatic carbocycles. The Balaban J connectivity index is 1.62. The number of carbonyl (C=O) groups excluding carboxylic acids is 1. The molecule has 1 fully saturated rings. The highest BCUT2D eigenvalue weighted by atomic mass is 16.2. The highest BCUT2D eigenvalue weighted by molar-refractivity contribution is 5.79. The van der Waals surface area contributed by atoms with Gasteiger partial charge in [0.05, 0.1) is 12.6 Å². The maximum Gasteiger partial charge on any atom is 0.235 e. The third-order valence-corrected chi connectivity index (χ3v) is 5.12. The van der Waals surface area contributed by atoms with Gasteiger partial charge in [0.15, 0.2) is 0 Å². The number of hydrogen-bond acceptors (Lipinski definition) is 3. The lowest BCUT2D eigenvalue weighted by Gasteiger charge is -2.36. The molecular formula is C17H24N4O. The topological polar surface area (TPSA) is 61.1 Å². The van der Waals surface area contributed by atoms with Crippen molar-refractivity contribution in [3.63, 3.8) is 0 Å². The van der Waals surface area contributed by atoms with E-state index in [1.54, 1.807) is 0 Å². The summed E-state index contributed by atoms with van der Waals surface area (Å²) in [4.78, 5) is 14.6. The first-order chi connectivity index (χ1) is 10.6. The van der Waals surface area contributed by atoms with Crippen molar-refractivity contribution in [2.75, 3.05) is 13.1 Å². The average molecular weight is 300 g/mol. The van der Waals surface area contributed by atoms with Crippen LogP contribution in [0.25, 0.3) is 0 Å². The predicted octanol–water partition coefficient (Wildman–Crippen LogP) is 2.21. The predicted molar refractivity (Wildman–Crippen MR) is 84.0 cm³/mol. The summed E-state index contributed by atoms with van der Waals surface area (Å²) in [6, 6.07) is 6.76. The Kier molecular flexibility index (Phi) is 4.21. The summed E-state index contributed by atoms with van der Waals surface area (Å²) in [5.41, 5.74) is 0.626. The summed E-state index contributed by atoms with van der Waals surface area (Å²) in [5, 5.41) is 12.5. The summed E-state index contributed by atoms with van der Waals surface area (Å²) in [6.07, 6.45) is 6.89. The van der Waals surface area contributed by atoms with Crippen molar-refractivity contribution in [1.82, 2.24) is 14.8 Å². The fourth-order valence-corrected chi connectivity index (χ4v) is 3.75. The first-order valence-corrected chi connectivity index (χ1v) is 8.25. The summed E-state index contributed by atoms with van der Waals surface area (Å²) >= 11 is 0. The van der Waals surface area contributed by atoms with Crippen molar-refractivity contribution in [2.24, 2.45) is 0 Å². The quantitative estimate of drug-likeness (QED) is 0.931. The van der Waals surface area contributed by atoms with Crippen molar-refractivity contribution in [2.45, 2.75) is 57.2 Å². The molecule has 0 aromatic carbocycles. The van der Waals surface area contributed by atoms with E-state index in [4.69, 9.17) is 0 Å². The number of aromatic nitrogens is 1. The second-order valence-electron chi connectivity index (χ2n) is 6.58. The molecule has 2 aliphatic rings. The van der Waals surface area contributed by atoms with E-state index in [-0.39, 0.29) is 11.9 Å². The van der Waals surface area contributed by atoms with Crippen molar-refractivity contribution >= 4 is 5.91 Å². The average Bonchev–Trinajstić information content (AvgIpc) is 3.00. The second kappa shape index (κ2) is 6.13. The first-order valence-electron chi connectivity index (χ1n) is 8.25. The van der Waals surface area contributed by atoms with E-state index < -0.39 is 5.54 Å². The number of fused-ring (bicyclic) bond motifs is 1. The molecule has 1 atom stereocenters. The summed E-state index contributed by atoms with van der Waals surface area (Å²) < 4.78 is 2.25. The van der Waals surface area contributed by atoms with Crippen LogP contribution in [0.2, 0.25) is 0 Å². The van der Waals surface area contributed by atoms with Crippen molar-refractivity contribution in [1.29, 1.82) is 5.26 Å². The monoisotopic (exact) mass is 300 g/mol. The Hall–Kier alpha value is -1.80. The SMILES string of the molecule is C[C@H]1c2cccn2CCN1CC(=O)NC1(C#N)CCCCC1. The number of amides is 1. The third-order valence-electron chi connectivity index (χ3n) is 5.12. The number of nitrogens with one attached hydrogen (secondary N) is 1. The van der Waals surface area contributed by atoms with E-state index in [0.717, 1.165) is 38.8 Å². The van der Waals surface area contributed by atoms with E-state index in [9.17, 15) is 10.1 Å². The molecular weight excluding hydrogens is 276 g/mol. The van der Waals surface area contributed by atoms with E-state index >= 15 is 0 Å². The molecule has 1 N–H and O–H groups in total. The Morgan fingerprint density at radius 1 is 1.41 bits per heavy atom. The van der Waals surface area contributed by atoms with Gasteiger partial charge < -0.3 is 9.88 Å². The van der Waals surface area contributed by atoms with Crippen LogP contribution in [0.15, 0.2) is 18.3 Å². The Morgan fingerprint density at radius 2 is 2.18 bits per heavy atom. The Labute approximate surface area is 131 Å². The van der Waals surface area contributed by atoms with Crippen LogP contribution in [0.3, 0.4) is 0 Å². The lowest BCUT2D eigenvalue weighted by molar-refractivity contribution is -0.124. The van der Waals surface area contributed by atoms with E-state index in [1.165, 1.54) is 12.1 Å². The van der Waals surface area contributed by atoms with Gasteiger partial charge in [-0.1, -0.05) is 19.3 Å². The molecule has 2 heterocycles. The van der Waals surface area contributed by atoms with Gasteiger partial charge in [-0.2, -0.15) is 5.26 Å². The van der Waals surface area contributed by atoms with Crippen LogP contribution in [0.1, 0.15) is 50.8 Å². The van der Waals surface area contributed by atoms with Crippen molar-refractivity contribution < 1.29 is 4.79 Å². The van der Waals surface area contributed by atoms with Crippen LogP contribution in [0, 0.1) is 11.3 Å². The minimum atomic E-state index is -0.630. The fraction of sp³-hybridized carbons (Fsp3) is 0.647. The van der Waals surface area contributed by atoms with Crippen LogP contribution < -0.4 is 5.32 Å². The van der Waals surface area contributed by atoms with Gasteiger partial charge in [0.2, 0.25) is 5.91 Å². The van der Waals surface area contributed by atoms with Crippen LogP contribution in [0.4, 0.5) is 0 Å².